The molecule has 0 saturated carbocycles. The first-order chi connectivity index (χ1) is 5.66. The molecule has 5 nitrogen and oxygen atoms in total. The normalized spacial score (nSPS) is 9.75. The van der Waals surface area contributed by atoms with Crippen LogP contribution in [0.25, 0.3) is 0 Å². The van der Waals surface area contributed by atoms with E-state index in [9.17, 15) is 9.59 Å². The van der Waals surface area contributed by atoms with E-state index in [0.29, 0.717) is 6.54 Å². The smallest absolute Gasteiger partial charge is 0.329 e. The van der Waals surface area contributed by atoms with Gasteiger partial charge in [0.05, 0.1) is 6.54 Å². The SMILES string of the molecule is CCNCC(=O)COCC(=O)O. The Morgan fingerprint density at radius 3 is 2.58 bits per heavy atom. The number of rotatable bonds is 7. The number of carboxylic acids is 1. The number of ketones is 1. The Kier molecular flexibility index (Phi) is 6.22. The molecule has 0 rings (SSSR count). The van der Waals surface area contributed by atoms with Crippen molar-refractivity contribution in [2.24, 2.45) is 0 Å². The van der Waals surface area contributed by atoms with Gasteiger partial charge in [0.1, 0.15) is 13.2 Å². The average molecular weight is 175 g/mol. The lowest BCUT2D eigenvalue weighted by Crippen LogP contribution is -2.26. The highest BCUT2D eigenvalue weighted by molar-refractivity contribution is 5.82. The molecule has 0 aliphatic rings. The fourth-order valence-corrected chi connectivity index (χ4v) is 0.568. The fourth-order valence-electron chi connectivity index (χ4n) is 0.568. The van der Waals surface area contributed by atoms with Crippen LogP contribution in [0.2, 0.25) is 0 Å². The van der Waals surface area contributed by atoms with Crippen molar-refractivity contribution in [1.82, 2.24) is 5.32 Å². The van der Waals surface area contributed by atoms with E-state index in [0.717, 1.165) is 0 Å². The van der Waals surface area contributed by atoms with E-state index in [1.807, 2.05) is 6.92 Å². The molecule has 0 spiro atoms. The number of nitrogens with one attached hydrogen (secondary N) is 1. The van der Waals surface area contributed by atoms with Crippen LogP contribution in [0.5, 0.6) is 0 Å². The van der Waals surface area contributed by atoms with E-state index >= 15 is 0 Å². The molecule has 0 heterocycles. The zero-order valence-electron chi connectivity index (χ0n) is 7.00. The molecule has 0 aromatic heterocycles. The number of likely N-dealkylation sites (N-methyl/N-ethyl adjacent to an activating group) is 1. The van der Waals surface area contributed by atoms with Gasteiger partial charge in [-0.05, 0) is 6.54 Å². The summed E-state index contributed by atoms with van der Waals surface area (Å²) in [4.78, 5) is 20.7. The number of carbonyl (C=O) groups excluding carboxylic acids is 1. The van der Waals surface area contributed by atoms with Gasteiger partial charge in [0, 0.05) is 0 Å². The Morgan fingerprint density at radius 2 is 2.08 bits per heavy atom. The number of hydrogen-bond acceptors (Lipinski definition) is 4. The van der Waals surface area contributed by atoms with Gasteiger partial charge in [-0.1, -0.05) is 6.92 Å². The van der Waals surface area contributed by atoms with E-state index in [2.05, 4.69) is 10.1 Å². The van der Waals surface area contributed by atoms with Gasteiger partial charge in [-0.2, -0.15) is 0 Å². The largest absolute Gasteiger partial charge is 0.480 e. The zero-order chi connectivity index (χ0) is 9.40. The van der Waals surface area contributed by atoms with Crippen LogP contribution < -0.4 is 5.32 Å². The lowest BCUT2D eigenvalue weighted by atomic mass is 10.4. The molecule has 70 valence electrons. The molecule has 0 radical (unpaired) electrons. The standard InChI is InChI=1S/C7H13NO4/c1-2-8-3-6(9)4-12-5-7(10)11/h8H,2-5H2,1H3,(H,10,11). The number of Topliss-reactive ketones (excluding diaryl/α,β-unsaturated/α-hetero) is 1. The van der Waals surface area contributed by atoms with Gasteiger partial charge in [0.2, 0.25) is 0 Å². The first-order valence-corrected chi connectivity index (χ1v) is 3.68. The quantitative estimate of drug-likeness (QED) is 0.533. The van der Waals surface area contributed by atoms with Crippen LogP contribution in [0.1, 0.15) is 6.92 Å². The minimum absolute atomic E-state index is 0.140. The van der Waals surface area contributed by atoms with Gasteiger partial charge < -0.3 is 15.2 Å². The topological polar surface area (TPSA) is 75.6 Å². The zero-order valence-corrected chi connectivity index (χ0v) is 7.00. The minimum atomic E-state index is -1.06. The first-order valence-electron chi connectivity index (χ1n) is 3.68. The molecule has 0 unspecified atom stereocenters. The maximum absolute atomic E-state index is 10.8. The number of aliphatic carboxylic acids is 1. The van der Waals surface area contributed by atoms with Crippen molar-refractivity contribution in [2.75, 3.05) is 26.3 Å². The second kappa shape index (κ2) is 6.75. The maximum atomic E-state index is 10.8. The second-order valence-electron chi connectivity index (χ2n) is 2.21. The highest BCUT2D eigenvalue weighted by Gasteiger charge is 2.02. The van der Waals surface area contributed by atoms with Crippen LogP contribution in [-0.2, 0) is 14.3 Å². The monoisotopic (exact) mass is 175 g/mol. The molecule has 0 atom stereocenters. The predicted molar refractivity (Wildman–Crippen MR) is 42.0 cm³/mol. The van der Waals surface area contributed by atoms with Gasteiger partial charge in [-0.3, -0.25) is 4.79 Å². The number of carbonyl (C=O) groups is 2. The number of hydrogen-bond donors (Lipinski definition) is 2. The van der Waals surface area contributed by atoms with Gasteiger partial charge in [0.15, 0.2) is 5.78 Å². The summed E-state index contributed by atoms with van der Waals surface area (Å²) in [6, 6.07) is 0. The summed E-state index contributed by atoms with van der Waals surface area (Å²) >= 11 is 0. The molecule has 5 heteroatoms. The van der Waals surface area contributed by atoms with Crippen LogP contribution in [0, 0.1) is 0 Å². The second-order valence-corrected chi connectivity index (χ2v) is 2.21. The maximum Gasteiger partial charge on any atom is 0.329 e. The lowest BCUT2D eigenvalue weighted by molar-refractivity contribution is -0.143. The average Bonchev–Trinajstić information content (AvgIpc) is 2.00. The van der Waals surface area contributed by atoms with Crippen LogP contribution in [0.15, 0.2) is 0 Å². The first kappa shape index (κ1) is 11.1. The van der Waals surface area contributed by atoms with Crippen molar-refractivity contribution in [3.8, 4) is 0 Å². The van der Waals surface area contributed by atoms with E-state index in [1.165, 1.54) is 0 Å². The van der Waals surface area contributed by atoms with E-state index < -0.39 is 12.6 Å². The molecule has 0 amide bonds. The van der Waals surface area contributed by atoms with Gasteiger partial charge in [0.25, 0.3) is 0 Å². The molecule has 0 fully saturated rings. The third-order valence-electron chi connectivity index (χ3n) is 1.06. The Labute approximate surface area is 70.7 Å². The highest BCUT2D eigenvalue weighted by Crippen LogP contribution is 1.77. The van der Waals surface area contributed by atoms with Gasteiger partial charge in [-0.15, -0.1) is 0 Å². The van der Waals surface area contributed by atoms with Gasteiger partial charge >= 0.3 is 5.97 Å². The third kappa shape index (κ3) is 7.17. The summed E-state index contributed by atoms with van der Waals surface area (Å²) in [5.41, 5.74) is 0. The Hall–Kier alpha value is -0.940. The lowest BCUT2D eigenvalue weighted by Gasteiger charge is -2.00. The summed E-state index contributed by atoms with van der Waals surface area (Å²) in [6.45, 7) is 2.27. The molecular weight excluding hydrogens is 162 g/mol. The summed E-state index contributed by atoms with van der Waals surface area (Å²) < 4.78 is 4.56. The third-order valence-corrected chi connectivity index (χ3v) is 1.06. The predicted octanol–water partition coefficient (Wildman–Crippen LogP) is -0.734. The Morgan fingerprint density at radius 1 is 1.42 bits per heavy atom. The summed E-state index contributed by atoms with van der Waals surface area (Å²) in [5, 5.41) is 11.0. The summed E-state index contributed by atoms with van der Waals surface area (Å²) in [7, 11) is 0. The van der Waals surface area contributed by atoms with Crippen LogP contribution in [-0.4, -0.2) is 43.2 Å². The van der Waals surface area contributed by atoms with Crippen molar-refractivity contribution in [2.45, 2.75) is 6.92 Å². The Balaban J connectivity index is 3.25. The molecule has 0 aliphatic carbocycles. The minimum Gasteiger partial charge on any atom is -0.480 e. The molecule has 0 bridgehead atoms. The molecule has 0 aliphatic heterocycles. The molecule has 0 aromatic rings. The number of carboxylic acid groups (broad SMARTS) is 1. The summed E-state index contributed by atoms with van der Waals surface area (Å²) in [5.74, 6) is -1.20. The highest BCUT2D eigenvalue weighted by atomic mass is 16.5. The molecule has 0 aromatic carbocycles. The molecule has 0 saturated heterocycles. The fraction of sp³-hybridized carbons (Fsp3) is 0.714. The van der Waals surface area contributed by atoms with Crippen LogP contribution in [0.4, 0.5) is 0 Å². The van der Waals surface area contributed by atoms with Crippen molar-refractivity contribution in [3.63, 3.8) is 0 Å². The van der Waals surface area contributed by atoms with Crippen molar-refractivity contribution >= 4 is 11.8 Å². The van der Waals surface area contributed by atoms with Crippen LogP contribution >= 0.6 is 0 Å². The van der Waals surface area contributed by atoms with Crippen molar-refractivity contribution < 1.29 is 19.4 Å². The van der Waals surface area contributed by atoms with Crippen LogP contribution in [0.3, 0.4) is 0 Å². The number of ether oxygens (including phenoxy) is 1. The van der Waals surface area contributed by atoms with Crippen molar-refractivity contribution in [1.29, 1.82) is 0 Å². The van der Waals surface area contributed by atoms with E-state index in [4.69, 9.17) is 5.11 Å². The van der Waals surface area contributed by atoms with Gasteiger partial charge in [-0.25, -0.2) is 4.79 Å². The molecule has 12 heavy (non-hydrogen) atoms. The van der Waals surface area contributed by atoms with E-state index in [1.54, 1.807) is 0 Å². The summed E-state index contributed by atoms with van der Waals surface area (Å²) in [6.07, 6.45) is 0. The van der Waals surface area contributed by atoms with Crippen molar-refractivity contribution in [3.05, 3.63) is 0 Å². The molecular formula is C7H13NO4. The Bertz CT molecular complexity index is 157. The van der Waals surface area contributed by atoms with E-state index in [-0.39, 0.29) is 18.9 Å². The molecule has 2 N–H and O–H groups in total.